The molecule has 23 heavy (non-hydrogen) atoms. The average Bonchev–Trinajstić information content (AvgIpc) is 2.99. The maximum Gasteiger partial charge on any atom is 0.172 e. The molecule has 0 aliphatic carbocycles. The average molecular weight is 308 g/mol. The SMILES string of the molecule is Cc1cccc(OCCn2nnc(C=O)c2-c2ccncc2)c1. The molecular formula is C17H16N4O2. The van der Waals surface area contributed by atoms with Gasteiger partial charge in [0, 0.05) is 18.0 Å². The number of benzene rings is 1. The van der Waals surface area contributed by atoms with Crippen molar-refractivity contribution in [3.63, 3.8) is 0 Å². The van der Waals surface area contributed by atoms with Crippen LogP contribution in [0.3, 0.4) is 0 Å². The Morgan fingerprint density at radius 2 is 2.04 bits per heavy atom. The number of aldehydes is 1. The van der Waals surface area contributed by atoms with Gasteiger partial charge in [0.1, 0.15) is 12.4 Å². The lowest BCUT2D eigenvalue weighted by molar-refractivity contribution is 0.111. The monoisotopic (exact) mass is 308 g/mol. The first kappa shape index (κ1) is 14.9. The van der Waals surface area contributed by atoms with Crippen LogP contribution < -0.4 is 4.74 Å². The van der Waals surface area contributed by atoms with Crippen molar-refractivity contribution in [1.82, 2.24) is 20.0 Å². The molecule has 2 heterocycles. The van der Waals surface area contributed by atoms with Crippen LogP contribution in [0.2, 0.25) is 0 Å². The van der Waals surface area contributed by atoms with Crippen molar-refractivity contribution in [2.24, 2.45) is 0 Å². The van der Waals surface area contributed by atoms with E-state index in [0.717, 1.165) is 16.9 Å². The summed E-state index contributed by atoms with van der Waals surface area (Å²) < 4.78 is 7.41. The Balaban J connectivity index is 1.76. The number of pyridine rings is 1. The van der Waals surface area contributed by atoms with Crippen molar-refractivity contribution in [2.45, 2.75) is 13.5 Å². The Hall–Kier alpha value is -3.02. The van der Waals surface area contributed by atoms with Gasteiger partial charge in [0.05, 0.1) is 12.2 Å². The quantitative estimate of drug-likeness (QED) is 0.654. The van der Waals surface area contributed by atoms with Crippen LogP contribution in [0.5, 0.6) is 5.75 Å². The van der Waals surface area contributed by atoms with Crippen molar-refractivity contribution >= 4 is 6.29 Å². The highest BCUT2D eigenvalue weighted by Gasteiger charge is 2.14. The molecular weight excluding hydrogens is 292 g/mol. The van der Waals surface area contributed by atoms with Crippen molar-refractivity contribution in [1.29, 1.82) is 0 Å². The summed E-state index contributed by atoms with van der Waals surface area (Å²) in [6.45, 7) is 2.94. The van der Waals surface area contributed by atoms with E-state index in [2.05, 4.69) is 15.3 Å². The lowest BCUT2D eigenvalue weighted by Gasteiger charge is -2.09. The van der Waals surface area contributed by atoms with Crippen LogP contribution >= 0.6 is 0 Å². The topological polar surface area (TPSA) is 69.9 Å². The lowest BCUT2D eigenvalue weighted by atomic mass is 10.1. The zero-order valence-corrected chi connectivity index (χ0v) is 12.7. The zero-order chi connectivity index (χ0) is 16.1. The summed E-state index contributed by atoms with van der Waals surface area (Å²) in [6, 6.07) is 11.5. The van der Waals surface area contributed by atoms with Crippen LogP contribution in [0.1, 0.15) is 16.1 Å². The number of rotatable bonds is 6. The van der Waals surface area contributed by atoms with Crippen LogP contribution in [-0.2, 0) is 6.54 Å². The molecule has 0 saturated heterocycles. The number of carbonyl (C=O) groups is 1. The van der Waals surface area contributed by atoms with E-state index < -0.39 is 0 Å². The molecule has 0 bridgehead atoms. The van der Waals surface area contributed by atoms with Crippen LogP contribution in [0.4, 0.5) is 0 Å². The number of aryl methyl sites for hydroxylation is 1. The third kappa shape index (κ3) is 3.42. The molecule has 0 unspecified atom stereocenters. The molecule has 0 aliphatic rings. The Morgan fingerprint density at radius 3 is 2.78 bits per heavy atom. The van der Waals surface area contributed by atoms with Crippen LogP contribution in [-0.4, -0.2) is 32.9 Å². The van der Waals surface area contributed by atoms with Gasteiger partial charge in [-0.15, -0.1) is 5.10 Å². The molecule has 0 fully saturated rings. The minimum Gasteiger partial charge on any atom is -0.492 e. The first-order valence-electron chi connectivity index (χ1n) is 7.26. The molecule has 0 amide bonds. The van der Waals surface area contributed by atoms with E-state index in [1.165, 1.54) is 0 Å². The number of hydrogen-bond acceptors (Lipinski definition) is 5. The first-order valence-corrected chi connectivity index (χ1v) is 7.26. The number of carbonyl (C=O) groups excluding carboxylic acids is 1. The minimum absolute atomic E-state index is 0.312. The van der Waals surface area contributed by atoms with Crippen LogP contribution in [0.25, 0.3) is 11.3 Å². The van der Waals surface area contributed by atoms with E-state index in [0.29, 0.717) is 30.8 Å². The maximum atomic E-state index is 11.2. The normalized spacial score (nSPS) is 10.5. The Bertz CT molecular complexity index is 799. The number of ether oxygens (including phenoxy) is 1. The second-order valence-electron chi connectivity index (χ2n) is 5.07. The van der Waals surface area contributed by atoms with Gasteiger partial charge >= 0.3 is 0 Å². The molecule has 0 N–H and O–H groups in total. The fraction of sp³-hybridized carbons (Fsp3) is 0.176. The molecule has 6 heteroatoms. The predicted octanol–water partition coefficient (Wildman–Crippen LogP) is 2.54. The molecule has 116 valence electrons. The molecule has 2 aromatic heterocycles. The summed E-state index contributed by atoms with van der Waals surface area (Å²) >= 11 is 0. The molecule has 0 radical (unpaired) electrons. The number of aromatic nitrogens is 4. The van der Waals surface area contributed by atoms with E-state index >= 15 is 0 Å². The fourth-order valence-electron chi connectivity index (χ4n) is 2.32. The summed E-state index contributed by atoms with van der Waals surface area (Å²) in [6.07, 6.45) is 4.05. The van der Waals surface area contributed by atoms with E-state index in [9.17, 15) is 4.79 Å². The third-order valence-corrected chi connectivity index (χ3v) is 3.39. The summed E-state index contributed by atoms with van der Waals surface area (Å²) in [5.41, 5.74) is 2.98. The standard InChI is InChI=1S/C17H16N4O2/c1-13-3-2-4-15(11-13)23-10-9-21-17(16(12-22)19-20-21)14-5-7-18-8-6-14/h2-8,11-12H,9-10H2,1H3. The minimum atomic E-state index is 0.312. The van der Waals surface area contributed by atoms with E-state index in [4.69, 9.17) is 4.74 Å². The number of hydrogen-bond donors (Lipinski definition) is 0. The molecule has 3 aromatic rings. The van der Waals surface area contributed by atoms with Crippen molar-refractivity contribution < 1.29 is 9.53 Å². The zero-order valence-electron chi connectivity index (χ0n) is 12.7. The van der Waals surface area contributed by atoms with Crippen molar-refractivity contribution in [2.75, 3.05) is 6.61 Å². The maximum absolute atomic E-state index is 11.2. The van der Waals surface area contributed by atoms with Gasteiger partial charge in [-0.25, -0.2) is 4.68 Å². The summed E-state index contributed by atoms with van der Waals surface area (Å²) in [4.78, 5) is 15.2. The first-order chi connectivity index (χ1) is 11.3. The van der Waals surface area contributed by atoms with Gasteiger partial charge in [0.15, 0.2) is 12.0 Å². The molecule has 0 aliphatic heterocycles. The predicted molar refractivity (Wildman–Crippen MR) is 85.3 cm³/mol. The molecule has 0 spiro atoms. The highest BCUT2D eigenvalue weighted by atomic mass is 16.5. The van der Waals surface area contributed by atoms with Crippen molar-refractivity contribution in [3.8, 4) is 17.0 Å². The van der Waals surface area contributed by atoms with E-state index in [1.54, 1.807) is 17.1 Å². The fourth-order valence-corrected chi connectivity index (χ4v) is 2.32. The third-order valence-electron chi connectivity index (χ3n) is 3.39. The summed E-state index contributed by atoms with van der Waals surface area (Å²) in [5, 5.41) is 7.97. The van der Waals surface area contributed by atoms with Gasteiger partial charge < -0.3 is 4.74 Å². The van der Waals surface area contributed by atoms with Gasteiger partial charge in [-0.05, 0) is 36.8 Å². The van der Waals surface area contributed by atoms with Crippen LogP contribution in [0.15, 0.2) is 48.8 Å². The summed E-state index contributed by atoms with van der Waals surface area (Å²) in [5.74, 6) is 0.811. The van der Waals surface area contributed by atoms with Gasteiger partial charge in [-0.2, -0.15) is 0 Å². The molecule has 0 atom stereocenters. The largest absolute Gasteiger partial charge is 0.492 e. The number of nitrogens with zero attached hydrogens (tertiary/aromatic N) is 4. The Morgan fingerprint density at radius 1 is 1.22 bits per heavy atom. The van der Waals surface area contributed by atoms with Gasteiger partial charge in [-0.1, -0.05) is 17.3 Å². The van der Waals surface area contributed by atoms with E-state index in [-0.39, 0.29) is 0 Å². The second kappa shape index (κ2) is 6.83. The Labute approximate surface area is 133 Å². The summed E-state index contributed by atoms with van der Waals surface area (Å²) in [7, 11) is 0. The lowest BCUT2D eigenvalue weighted by Crippen LogP contribution is -2.11. The highest BCUT2D eigenvalue weighted by molar-refractivity contribution is 5.83. The second-order valence-corrected chi connectivity index (χ2v) is 5.07. The molecule has 0 saturated carbocycles. The smallest absolute Gasteiger partial charge is 0.172 e. The van der Waals surface area contributed by atoms with E-state index in [1.807, 2.05) is 43.3 Å². The highest BCUT2D eigenvalue weighted by Crippen LogP contribution is 2.20. The van der Waals surface area contributed by atoms with Crippen molar-refractivity contribution in [3.05, 3.63) is 60.0 Å². The van der Waals surface area contributed by atoms with Gasteiger partial charge in [0.25, 0.3) is 0 Å². The molecule has 1 aromatic carbocycles. The van der Waals surface area contributed by atoms with Crippen LogP contribution in [0, 0.1) is 6.92 Å². The van der Waals surface area contributed by atoms with Gasteiger partial charge in [-0.3, -0.25) is 9.78 Å². The molecule has 6 nitrogen and oxygen atoms in total. The molecule has 3 rings (SSSR count). The Kier molecular flexibility index (Phi) is 4.42. The van der Waals surface area contributed by atoms with Gasteiger partial charge in [0.2, 0.25) is 0 Å².